The van der Waals surface area contributed by atoms with Gasteiger partial charge in [-0.25, -0.2) is 4.39 Å². The van der Waals surface area contributed by atoms with Crippen LogP contribution in [0.5, 0.6) is 0 Å². The minimum absolute atomic E-state index is 0.0169. The van der Waals surface area contributed by atoms with E-state index in [1.165, 1.54) is 37.1 Å². The fraction of sp³-hybridized carbons (Fsp3) is 0.619. The van der Waals surface area contributed by atoms with Crippen LogP contribution >= 0.6 is 0 Å². The van der Waals surface area contributed by atoms with Gasteiger partial charge in [0.1, 0.15) is 5.82 Å². The fourth-order valence-electron chi connectivity index (χ4n) is 4.21. The third-order valence-electron chi connectivity index (χ3n) is 6.28. The molecule has 1 N–H and O–H groups in total. The van der Waals surface area contributed by atoms with Crippen molar-refractivity contribution >= 4 is 11.8 Å². The second-order valence-electron chi connectivity index (χ2n) is 7.96. The normalized spacial score (nSPS) is 27.2. The molecular formula is C21H29FN2O2. The predicted octanol–water partition coefficient (Wildman–Crippen LogP) is 3.62. The summed E-state index contributed by atoms with van der Waals surface area (Å²) in [7, 11) is 0. The fourth-order valence-corrected chi connectivity index (χ4v) is 4.21. The number of amides is 2. The smallest absolute Gasteiger partial charge is 0.253 e. The van der Waals surface area contributed by atoms with E-state index in [1.54, 1.807) is 4.90 Å². The lowest BCUT2D eigenvalue weighted by molar-refractivity contribution is -0.127. The number of hydrogen-bond donors (Lipinski definition) is 1. The van der Waals surface area contributed by atoms with Crippen LogP contribution in [0, 0.1) is 23.6 Å². The van der Waals surface area contributed by atoms with Gasteiger partial charge in [0.05, 0.1) is 0 Å². The number of halogens is 1. The van der Waals surface area contributed by atoms with Crippen LogP contribution in [0.3, 0.4) is 0 Å². The van der Waals surface area contributed by atoms with Crippen LogP contribution in [-0.2, 0) is 4.79 Å². The van der Waals surface area contributed by atoms with Crippen molar-refractivity contribution < 1.29 is 14.0 Å². The molecule has 5 heteroatoms. The number of carbonyl (C=O) groups excluding carboxylic acids is 2. The molecule has 2 fully saturated rings. The van der Waals surface area contributed by atoms with Gasteiger partial charge in [0.15, 0.2) is 0 Å². The zero-order chi connectivity index (χ0) is 18.7. The highest BCUT2D eigenvalue weighted by molar-refractivity contribution is 5.94. The van der Waals surface area contributed by atoms with Crippen molar-refractivity contribution in [2.75, 3.05) is 13.1 Å². The molecule has 0 bridgehead atoms. The van der Waals surface area contributed by atoms with E-state index >= 15 is 0 Å². The Balaban J connectivity index is 1.50. The van der Waals surface area contributed by atoms with Gasteiger partial charge in [-0.15, -0.1) is 0 Å². The zero-order valence-electron chi connectivity index (χ0n) is 15.7. The maximum atomic E-state index is 13.0. The summed E-state index contributed by atoms with van der Waals surface area (Å²) in [6, 6.07) is 5.93. The number of likely N-dealkylation sites (tertiary alicyclic amines) is 1. The summed E-state index contributed by atoms with van der Waals surface area (Å²) >= 11 is 0. The van der Waals surface area contributed by atoms with Gasteiger partial charge >= 0.3 is 0 Å². The molecule has 0 radical (unpaired) electrons. The van der Waals surface area contributed by atoms with Crippen molar-refractivity contribution in [2.24, 2.45) is 17.8 Å². The van der Waals surface area contributed by atoms with E-state index in [0.717, 1.165) is 6.42 Å². The number of carbonyl (C=O) groups is 2. The Morgan fingerprint density at radius 3 is 2.35 bits per heavy atom. The first kappa shape index (κ1) is 18.9. The first-order valence-electron chi connectivity index (χ1n) is 9.81. The van der Waals surface area contributed by atoms with Crippen LogP contribution in [0.4, 0.5) is 4.39 Å². The molecule has 3 atom stereocenters. The van der Waals surface area contributed by atoms with Crippen LogP contribution in [0.25, 0.3) is 0 Å². The Bertz CT molecular complexity index is 638. The average Bonchev–Trinajstić information content (AvgIpc) is 2.65. The third-order valence-corrected chi connectivity index (χ3v) is 6.28. The lowest BCUT2D eigenvalue weighted by atomic mass is 9.78. The molecule has 4 nitrogen and oxygen atoms in total. The van der Waals surface area contributed by atoms with E-state index in [4.69, 9.17) is 0 Å². The molecule has 2 amide bonds. The van der Waals surface area contributed by atoms with Crippen molar-refractivity contribution in [2.45, 2.75) is 52.0 Å². The van der Waals surface area contributed by atoms with Crippen molar-refractivity contribution in [3.05, 3.63) is 35.6 Å². The second kappa shape index (κ2) is 8.19. The molecule has 1 aliphatic heterocycles. The number of nitrogens with one attached hydrogen (secondary N) is 1. The molecule has 1 saturated carbocycles. The molecule has 1 heterocycles. The highest BCUT2D eigenvalue weighted by atomic mass is 19.1. The van der Waals surface area contributed by atoms with E-state index in [-0.39, 0.29) is 29.6 Å². The van der Waals surface area contributed by atoms with Crippen LogP contribution in [-0.4, -0.2) is 35.8 Å². The lowest BCUT2D eigenvalue weighted by Gasteiger charge is -2.37. The van der Waals surface area contributed by atoms with E-state index in [0.29, 0.717) is 43.3 Å². The molecule has 1 aliphatic carbocycles. The Morgan fingerprint density at radius 2 is 1.69 bits per heavy atom. The third kappa shape index (κ3) is 4.25. The SMILES string of the molecule is CC1CCCC(NC(=O)C2CCN(C(=O)c3ccc(F)cc3)CC2)C1C. The number of hydrogen-bond acceptors (Lipinski definition) is 2. The summed E-state index contributed by atoms with van der Waals surface area (Å²) in [6.07, 6.45) is 4.88. The number of benzene rings is 1. The molecular weight excluding hydrogens is 331 g/mol. The molecule has 1 saturated heterocycles. The lowest BCUT2D eigenvalue weighted by Crippen LogP contribution is -2.48. The highest BCUT2D eigenvalue weighted by Crippen LogP contribution is 2.30. The van der Waals surface area contributed by atoms with Gasteiger partial charge in [0, 0.05) is 30.6 Å². The summed E-state index contributed by atoms with van der Waals surface area (Å²) in [5, 5.41) is 3.27. The summed E-state index contributed by atoms with van der Waals surface area (Å²) < 4.78 is 13.0. The molecule has 2 aliphatic rings. The number of piperidine rings is 1. The van der Waals surface area contributed by atoms with Crippen LogP contribution in [0.2, 0.25) is 0 Å². The van der Waals surface area contributed by atoms with E-state index in [2.05, 4.69) is 19.2 Å². The minimum atomic E-state index is -0.344. The van der Waals surface area contributed by atoms with Gasteiger partial charge in [-0.05, 0) is 55.4 Å². The topological polar surface area (TPSA) is 49.4 Å². The second-order valence-corrected chi connectivity index (χ2v) is 7.96. The maximum absolute atomic E-state index is 13.0. The van der Waals surface area contributed by atoms with E-state index in [9.17, 15) is 14.0 Å². The molecule has 3 unspecified atom stereocenters. The van der Waals surface area contributed by atoms with Gasteiger partial charge in [0.2, 0.25) is 5.91 Å². The molecule has 3 rings (SSSR count). The molecule has 0 aromatic heterocycles. The van der Waals surface area contributed by atoms with Crippen LogP contribution in [0.1, 0.15) is 56.3 Å². The van der Waals surface area contributed by atoms with Gasteiger partial charge in [-0.2, -0.15) is 0 Å². The molecule has 26 heavy (non-hydrogen) atoms. The Labute approximate surface area is 155 Å². The molecule has 1 aromatic carbocycles. The Hall–Kier alpha value is -1.91. The van der Waals surface area contributed by atoms with Crippen molar-refractivity contribution in [1.29, 1.82) is 0 Å². The number of rotatable bonds is 3. The average molecular weight is 360 g/mol. The maximum Gasteiger partial charge on any atom is 0.253 e. The van der Waals surface area contributed by atoms with Gasteiger partial charge in [-0.1, -0.05) is 26.7 Å². The standard InChI is InChI=1S/C21H29FN2O2/c1-14-4-3-5-19(15(14)2)23-20(25)16-10-12-24(13-11-16)21(26)17-6-8-18(22)9-7-17/h6-9,14-16,19H,3-5,10-13H2,1-2H3,(H,23,25). The quantitative estimate of drug-likeness (QED) is 0.895. The Kier molecular flexibility index (Phi) is 5.94. The molecule has 142 valence electrons. The van der Waals surface area contributed by atoms with Crippen molar-refractivity contribution in [3.63, 3.8) is 0 Å². The van der Waals surface area contributed by atoms with Gasteiger partial charge < -0.3 is 10.2 Å². The first-order chi connectivity index (χ1) is 12.5. The summed E-state index contributed by atoms with van der Waals surface area (Å²) in [4.78, 5) is 26.9. The largest absolute Gasteiger partial charge is 0.353 e. The van der Waals surface area contributed by atoms with Gasteiger partial charge in [0.25, 0.3) is 5.91 Å². The summed E-state index contributed by atoms with van der Waals surface area (Å²) in [5.41, 5.74) is 0.499. The monoisotopic (exact) mass is 360 g/mol. The van der Waals surface area contributed by atoms with Crippen molar-refractivity contribution in [3.8, 4) is 0 Å². The first-order valence-corrected chi connectivity index (χ1v) is 9.81. The van der Waals surface area contributed by atoms with Crippen LogP contribution in [0.15, 0.2) is 24.3 Å². The number of nitrogens with zero attached hydrogens (tertiary/aromatic N) is 1. The highest BCUT2D eigenvalue weighted by Gasteiger charge is 2.32. The van der Waals surface area contributed by atoms with Gasteiger partial charge in [-0.3, -0.25) is 9.59 Å². The summed E-state index contributed by atoms with van der Waals surface area (Å²) in [6.45, 7) is 5.65. The minimum Gasteiger partial charge on any atom is -0.353 e. The summed E-state index contributed by atoms with van der Waals surface area (Å²) in [5.74, 6) is 0.875. The molecule has 1 aromatic rings. The van der Waals surface area contributed by atoms with E-state index in [1.807, 2.05) is 0 Å². The van der Waals surface area contributed by atoms with E-state index < -0.39 is 0 Å². The molecule has 0 spiro atoms. The Morgan fingerprint density at radius 1 is 1.04 bits per heavy atom. The predicted molar refractivity (Wildman–Crippen MR) is 99.1 cm³/mol. The van der Waals surface area contributed by atoms with Crippen LogP contribution < -0.4 is 5.32 Å². The zero-order valence-corrected chi connectivity index (χ0v) is 15.7. The van der Waals surface area contributed by atoms with Crippen molar-refractivity contribution in [1.82, 2.24) is 10.2 Å².